The van der Waals surface area contributed by atoms with Crippen LogP contribution in [0.1, 0.15) is 27.7 Å². The van der Waals surface area contributed by atoms with Gasteiger partial charge in [0, 0.05) is 5.54 Å². The van der Waals surface area contributed by atoms with Crippen LogP contribution < -0.4 is 5.90 Å². The van der Waals surface area contributed by atoms with Crippen LogP contribution in [-0.2, 0) is 4.84 Å². The van der Waals surface area contributed by atoms with Gasteiger partial charge in [0.1, 0.15) is 0 Å². The van der Waals surface area contributed by atoms with Crippen LogP contribution in [0.15, 0.2) is 0 Å². The lowest BCUT2D eigenvalue weighted by Gasteiger charge is -2.37. The highest BCUT2D eigenvalue weighted by molar-refractivity contribution is 5.66. The van der Waals surface area contributed by atoms with Gasteiger partial charge in [-0.1, -0.05) is 0 Å². The smallest absolute Gasteiger partial charge is 0.408 e. The normalized spacial score (nSPS) is 13.9. The maximum atomic E-state index is 10.9. The standard InChI is InChI=1S/C8H18N2O3/c1-6(5-13-9)10(7(11)12)8(2,3)4/h6H,5,9H2,1-4H3,(H,11,12)/t6-/m1/s1. The minimum Gasteiger partial charge on any atom is -0.465 e. The van der Waals surface area contributed by atoms with E-state index in [-0.39, 0.29) is 12.6 Å². The number of nitrogens with two attached hydrogens (primary N) is 1. The van der Waals surface area contributed by atoms with E-state index in [0.29, 0.717) is 0 Å². The molecule has 0 aliphatic rings. The second-order valence-electron chi connectivity index (χ2n) is 4.01. The molecule has 0 rings (SSSR count). The van der Waals surface area contributed by atoms with Crippen LogP contribution in [0.5, 0.6) is 0 Å². The topological polar surface area (TPSA) is 75.8 Å². The summed E-state index contributed by atoms with van der Waals surface area (Å²) in [7, 11) is 0. The van der Waals surface area contributed by atoms with Crippen molar-refractivity contribution < 1.29 is 14.7 Å². The van der Waals surface area contributed by atoms with Gasteiger partial charge in [-0.2, -0.15) is 0 Å². The van der Waals surface area contributed by atoms with Gasteiger partial charge in [-0.3, -0.25) is 4.90 Å². The molecule has 0 unspecified atom stereocenters. The molecule has 0 bridgehead atoms. The lowest BCUT2D eigenvalue weighted by Crippen LogP contribution is -2.51. The first-order chi connectivity index (χ1) is 5.80. The van der Waals surface area contributed by atoms with Crippen molar-refractivity contribution >= 4 is 6.09 Å². The Hall–Kier alpha value is -0.810. The van der Waals surface area contributed by atoms with E-state index < -0.39 is 11.6 Å². The van der Waals surface area contributed by atoms with Crippen LogP contribution in [0.3, 0.4) is 0 Å². The number of nitrogens with zero attached hydrogens (tertiary/aromatic N) is 1. The number of rotatable bonds is 3. The molecule has 0 radical (unpaired) electrons. The fraction of sp³-hybridized carbons (Fsp3) is 0.875. The van der Waals surface area contributed by atoms with Gasteiger partial charge in [-0.15, -0.1) is 0 Å². The summed E-state index contributed by atoms with van der Waals surface area (Å²) in [6, 6.07) is -0.248. The summed E-state index contributed by atoms with van der Waals surface area (Å²) in [6.45, 7) is 7.44. The van der Waals surface area contributed by atoms with E-state index >= 15 is 0 Å². The molecule has 0 aliphatic heterocycles. The molecule has 3 N–H and O–H groups in total. The van der Waals surface area contributed by atoms with Gasteiger partial charge in [0.05, 0.1) is 12.6 Å². The quantitative estimate of drug-likeness (QED) is 0.652. The average Bonchev–Trinajstić information content (AvgIpc) is 1.82. The van der Waals surface area contributed by atoms with E-state index in [1.165, 1.54) is 4.90 Å². The molecule has 1 atom stereocenters. The van der Waals surface area contributed by atoms with Gasteiger partial charge in [0.25, 0.3) is 0 Å². The fourth-order valence-corrected chi connectivity index (χ4v) is 1.35. The molecule has 0 saturated carbocycles. The second-order valence-corrected chi connectivity index (χ2v) is 4.01. The zero-order valence-corrected chi connectivity index (χ0v) is 8.57. The summed E-state index contributed by atoms with van der Waals surface area (Å²) in [4.78, 5) is 16.6. The second kappa shape index (κ2) is 4.43. The van der Waals surface area contributed by atoms with Gasteiger partial charge in [-0.05, 0) is 27.7 Å². The van der Waals surface area contributed by atoms with Crippen LogP contribution in [0.2, 0.25) is 0 Å². The van der Waals surface area contributed by atoms with Gasteiger partial charge >= 0.3 is 6.09 Å². The summed E-state index contributed by atoms with van der Waals surface area (Å²) in [5.41, 5.74) is -0.441. The SMILES string of the molecule is C[C@H](CON)N(C(=O)O)C(C)(C)C. The number of amides is 1. The van der Waals surface area contributed by atoms with E-state index in [2.05, 4.69) is 4.84 Å². The number of hydrogen-bond donors (Lipinski definition) is 2. The number of carbonyl (C=O) groups is 1. The van der Waals surface area contributed by atoms with Crippen LogP contribution >= 0.6 is 0 Å². The molecule has 5 heteroatoms. The summed E-state index contributed by atoms with van der Waals surface area (Å²) in [5, 5.41) is 8.94. The largest absolute Gasteiger partial charge is 0.465 e. The van der Waals surface area contributed by atoms with Crippen molar-refractivity contribution in [2.75, 3.05) is 6.61 Å². The van der Waals surface area contributed by atoms with Crippen molar-refractivity contribution in [3.05, 3.63) is 0 Å². The molecule has 0 aromatic heterocycles. The van der Waals surface area contributed by atoms with E-state index in [1.54, 1.807) is 6.92 Å². The maximum absolute atomic E-state index is 10.9. The van der Waals surface area contributed by atoms with Gasteiger partial charge in [-0.25, -0.2) is 10.7 Å². The first kappa shape index (κ1) is 12.2. The zero-order valence-electron chi connectivity index (χ0n) is 8.57. The molecule has 0 aromatic rings. The van der Waals surface area contributed by atoms with Gasteiger partial charge in [0.15, 0.2) is 0 Å². The van der Waals surface area contributed by atoms with Crippen molar-refractivity contribution in [2.45, 2.75) is 39.3 Å². The van der Waals surface area contributed by atoms with E-state index in [1.807, 2.05) is 20.8 Å². The number of hydrogen-bond acceptors (Lipinski definition) is 3. The van der Waals surface area contributed by atoms with Crippen molar-refractivity contribution in [2.24, 2.45) is 5.90 Å². The highest BCUT2D eigenvalue weighted by atomic mass is 16.6. The molecule has 0 saturated heterocycles. The molecular weight excluding hydrogens is 172 g/mol. The third kappa shape index (κ3) is 3.61. The summed E-state index contributed by atoms with van der Waals surface area (Å²) < 4.78 is 0. The van der Waals surface area contributed by atoms with E-state index in [4.69, 9.17) is 11.0 Å². The van der Waals surface area contributed by atoms with Crippen LogP contribution in [-0.4, -0.2) is 34.3 Å². The summed E-state index contributed by atoms with van der Waals surface area (Å²) >= 11 is 0. The summed E-state index contributed by atoms with van der Waals surface area (Å²) in [6.07, 6.45) is -0.961. The Kier molecular flexibility index (Phi) is 4.16. The Morgan fingerprint density at radius 2 is 2.08 bits per heavy atom. The molecule has 0 spiro atoms. The molecule has 0 aromatic carbocycles. The summed E-state index contributed by atoms with van der Waals surface area (Å²) in [5.74, 6) is 4.89. The molecular formula is C8H18N2O3. The van der Waals surface area contributed by atoms with E-state index in [9.17, 15) is 4.79 Å². The molecule has 0 aliphatic carbocycles. The molecule has 78 valence electrons. The van der Waals surface area contributed by atoms with Crippen molar-refractivity contribution in [1.29, 1.82) is 0 Å². The third-order valence-electron chi connectivity index (χ3n) is 1.71. The van der Waals surface area contributed by atoms with Crippen molar-refractivity contribution in [3.8, 4) is 0 Å². The molecule has 5 nitrogen and oxygen atoms in total. The Bertz CT molecular complexity index is 177. The maximum Gasteiger partial charge on any atom is 0.408 e. The Morgan fingerprint density at radius 1 is 1.62 bits per heavy atom. The Labute approximate surface area is 78.4 Å². The molecule has 0 heterocycles. The Morgan fingerprint density at radius 3 is 2.31 bits per heavy atom. The first-order valence-electron chi connectivity index (χ1n) is 4.14. The highest BCUT2D eigenvalue weighted by Crippen LogP contribution is 2.16. The predicted molar refractivity (Wildman–Crippen MR) is 49.2 cm³/mol. The highest BCUT2D eigenvalue weighted by Gasteiger charge is 2.30. The van der Waals surface area contributed by atoms with Crippen LogP contribution in [0.4, 0.5) is 4.79 Å². The number of carboxylic acid groups (broad SMARTS) is 1. The first-order valence-corrected chi connectivity index (χ1v) is 4.14. The average molecular weight is 190 g/mol. The van der Waals surface area contributed by atoms with Crippen molar-refractivity contribution in [1.82, 2.24) is 4.90 Å². The molecule has 13 heavy (non-hydrogen) atoms. The van der Waals surface area contributed by atoms with Gasteiger partial charge in [0.2, 0.25) is 0 Å². The van der Waals surface area contributed by atoms with E-state index in [0.717, 1.165) is 0 Å². The lowest BCUT2D eigenvalue weighted by molar-refractivity contribution is 0.0267. The molecule has 1 amide bonds. The molecule has 0 fully saturated rings. The predicted octanol–water partition coefficient (Wildman–Crippen LogP) is 1.04. The van der Waals surface area contributed by atoms with Crippen LogP contribution in [0.25, 0.3) is 0 Å². The van der Waals surface area contributed by atoms with Crippen LogP contribution in [0, 0.1) is 0 Å². The Balaban J connectivity index is 4.52. The zero-order chi connectivity index (χ0) is 10.6. The minimum absolute atomic E-state index is 0.198. The minimum atomic E-state index is -0.961. The lowest BCUT2D eigenvalue weighted by atomic mass is 10.0. The monoisotopic (exact) mass is 190 g/mol. The van der Waals surface area contributed by atoms with Gasteiger partial charge < -0.3 is 9.94 Å². The van der Waals surface area contributed by atoms with Crippen molar-refractivity contribution in [3.63, 3.8) is 0 Å². The fourth-order valence-electron chi connectivity index (χ4n) is 1.35. The third-order valence-corrected chi connectivity index (χ3v) is 1.71.